The van der Waals surface area contributed by atoms with Gasteiger partial charge in [0, 0.05) is 14.1 Å². The maximum atomic E-state index is 11.0. The number of carbonyl (C=O) groups is 1. The monoisotopic (exact) mass is 185 g/mol. The van der Waals surface area contributed by atoms with E-state index in [1.54, 1.807) is 14.1 Å². The quantitative estimate of drug-likeness (QED) is 0.615. The number of methoxy groups -OCH3 is 1. The number of ether oxygens (including phenoxy) is 1. The van der Waals surface area contributed by atoms with Crippen molar-refractivity contribution in [2.45, 2.75) is 6.54 Å². The van der Waals surface area contributed by atoms with Crippen molar-refractivity contribution in [1.82, 2.24) is 25.1 Å². The largest absolute Gasteiger partial charge is 0.453 e. The Morgan fingerprint density at radius 3 is 2.85 bits per heavy atom. The highest BCUT2D eigenvalue weighted by Gasteiger charge is 2.11. The molecule has 13 heavy (non-hydrogen) atoms. The molecule has 0 aliphatic carbocycles. The summed E-state index contributed by atoms with van der Waals surface area (Å²) in [6, 6.07) is 0. The van der Waals surface area contributed by atoms with E-state index < -0.39 is 6.09 Å². The van der Waals surface area contributed by atoms with Crippen LogP contribution in [0.5, 0.6) is 0 Å². The number of rotatable bonds is 2. The molecular weight excluding hydrogens is 174 g/mol. The molecule has 0 aliphatic heterocycles. The first-order chi connectivity index (χ1) is 6.15. The lowest BCUT2D eigenvalue weighted by atomic mass is 10.5. The first-order valence-electron chi connectivity index (χ1n) is 3.65. The van der Waals surface area contributed by atoms with Crippen LogP contribution in [-0.2, 0) is 18.3 Å². The van der Waals surface area contributed by atoms with Gasteiger partial charge in [-0.3, -0.25) is 0 Å². The summed E-state index contributed by atoms with van der Waals surface area (Å²) >= 11 is 0. The standard InChI is InChI=1S/C6H11N5O2/c1-10(6(12)13-3)4-5-7-8-9-11(5)2/h4H2,1-3H3. The number of aromatic nitrogens is 4. The van der Waals surface area contributed by atoms with Crippen LogP contribution in [-0.4, -0.2) is 45.4 Å². The molecule has 1 aromatic rings. The predicted molar refractivity (Wildman–Crippen MR) is 42.7 cm³/mol. The highest BCUT2D eigenvalue weighted by molar-refractivity contribution is 5.66. The zero-order chi connectivity index (χ0) is 9.84. The number of carbonyl (C=O) groups excluding carboxylic acids is 1. The number of nitrogens with zero attached hydrogens (tertiary/aromatic N) is 5. The van der Waals surface area contributed by atoms with E-state index in [-0.39, 0.29) is 0 Å². The molecule has 1 heterocycles. The van der Waals surface area contributed by atoms with E-state index in [9.17, 15) is 4.79 Å². The third-order valence-corrected chi connectivity index (χ3v) is 1.57. The van der Waals surface area contributed by atoms with Crippen LogP contribution in [0.15, 0.2) is 0 Å². The molecule has 0 saturated carbocycles. The molecule has 0 radical (unpaired) electrons. The SMILES string of the molecule is COC(=O)N(C)Cc1nnnn1C. The zero-order valence-corrected chi connectivity index (χ0v) is 7.76. The van der Waals surface area contributed by atoms with Gasteiger partial charge in [0.15, 0.2) is 5.82 Å². The molecule has 0 unspecified atom stereocenters. The van der Waals surface area contributed by atoms with Crippen LogP contribution in [0.4, 0.5) is 4.79 Å². The fraction of sp³-hybridized carbons (Fsp3) is 0.667. The van der Waals surface area contributed by atoms with Gasteiger partial charge in [0.1, 0.15) is 0 Å². The molecular formula is C6H11N5O2. The number of hydrogen-bond acceptors (Lipinski definition) is 5. The number of aryl methyl sites for hydroxylation is 1. The maximum absolute atomic E-state index is 11.0. The number of hydrogen-bond donors (Lipinski definition) is 0. The van der Waals surface area contributed by atoms with E-state index in [1.165, 1.54) is 16.7 Å². The number of amides is 1. The minimum Gasteiger partial charge on any atom is -0.453 e. The average Bonchev–Trinajstić information content (AvgIpc) is 2.50. The van der Waals surface area contributed by atoms with Crippen molar-refractivity contribution in [3.05, 3.63) is 5.82 Å². The fourth-order valence-corrected chi connectivity index (χ4v) is 0.814. The van der Waals surface area contributed by atoms with Crippen LogP contribution in [0.3, 0.4) is 0 Å². The summed E-state index contributed by atoms with van der Waals surface area (Å²) in [4.78, 5) is 12.4. The zero-order valence-electron chi connectivity index (χ0n) is 7.76. The van der Waals surface area contributed by atoms with Crippen molar-refractivity contribution in [3.8, 4) is 0 Å². The van der Waals surface area contributed by atoms with Crippen LogP contribution in [0.2, 0.25) is 0 Å². The van der Waals surface area contributed by atoms with Crippen LogP contribution in [0, 0.1) is 0 Å². The molecule has 7 nitrogen and oxygen atoms in total. The topological polar surface area (TPSA) is 73.1 Å². The van der Waals surface area contributed by atoms with Crippen LogP contribution in [0.25, 0.3) is 0 Å². The highest BCUT2D eigenvalue weighted by atomic mass is 16.5. The van der Waals surface area contributed by atoms with Gasteiger partial charge in [0.05, 0.1) is 13.7 Å². The van der Waals surface area contributed by atoms with E-state index in [4.69, 9.17) is 0 Å². The van der Waals surface area contributed by atoms with Gasteiger partial charge in [0.2, 0.25) is 0 Å². The van der Waals surface area contributed by atoms with Crippen LogP contribution < -0.4 is 0 Å². The van der Waals surface area contributed by atoms with Gasteiger partial charge in [-0.2, -0.15) is 0 Å². The Morgan fingerprint density at radius 1 is 1.69 bits per heavy atom. The third kappa shape index (κ3) is 2.14. The van der Waals surface area contributed by atoms with Gasteiger partial charge in [0.25, 0.3) is 0 Å². The second-order valence-corrected chi connectivity index (χ2v) is 2.54. The van der Waals surface area contributed by atoms with E-state index in [2.05, 4.69) is 20.3 Å². The molecule has 1 aromatic heterocycles. The maximum Gasteiger partial charge on any atom is 0.409 e. The van der Waals surface area contributed by atoms with Gasteiger partial charge in [-0.25, -0.2) is 9.48 Å². The summed E-state index contributed by atoms with van der Waals surface area (Å²) in [6.45, 7) is 0.330. The first-order valence-corrected chi connectivity index (χ1v) is 3.65. The molecule has 0 spiro atoms. The predicted octanol–water partition coefficient (Wildman–Crippen LogP) is -0.592. The second kappa shape index (κ2) is 3.83. The Kier molecular flexibility index (Phi) is 2.78. The molecule has 0 bridgehead atoms. The van der Waals surface area contributed by atoms with E-state index >= 15 is 0 Å². The van der Waals surface area contributed by atoms with Gasteiger partial charge in [-0.05, 0) is 10.4 Å². The summed E-state index contributed by atoms with van der Waals surface area (Å²) in [5.41, 5.74) is 0. The van der Waals surface area contributed by atoms with Gasteiger partial charge in [-0.1, -0.05) is 0 Å². The average molecular weight is 185 g/mol. The minimum atomic E-state index is -0.414. The second-order valence-electron chi connectivity index (χ2n) is 2.54. The molecule has 0 aromatic carbocycles. The third-order valence-electron chi connectivity index (χ3n) is 1.57. The summed E-state index contributed by atoms with van der Waals surface area (Å²) in [7, 11) is 4.65. The Hall–Kier alpha value is -1.66. The molecule has 7 heteroatoms. The lowest BCUT2D eigenvalue weighted by molar-refractivity contribution is 0.130. The Labute approximate surface area is 75.3 Å². The summed E-state index contributed by atoms with van der Waals surface area (Å²) in [5, 5.41) is 10.8. The molecule has 0 saturated heterocycles. The molecule has 0 aliphatic rings. The Balaban J connectivity index is 2.59. The van der Waals surface area contributed by atoms with Gasteiger partial charge >= 0.3 is 6.09 Å². The van der Waals surface area contributed by atoms with Crippen molar-refractivity contribution in [2.24, 2.45) is 7.05 Å². The normalized spacial score (nSPS) is 9.77. The van der Waals surface area contributed by atoms with Gasteiger partial charge < -0.3 is 9.64 Å². The minimum absolute atomic E-state index is 0.330. The van der Waals surface area contributed by atoms with E-state index in [0.717, 1.165) is 0 Å². The lowest BCUT2D eigenvalue weighted by Crippen LogP contribution is -2.27. The van der Waals surface area contributed by atoms with Crippen molar-refractivity contribution in [3.63, 3.8) is 0 Å². The van der Waals surface area contributed by atoms with Crippen molar-refractivity contribution in [2.75, 3.05) is 14.2 Å². The molecule has 0 atom stereocenters. The lowest BCUT2D eigenvalue weighted by Gasteiger charge is -2.13. The Bertz CT molecular complexity index is 297. The van der Waals surface area contributed by atoms with E-state index in [1.807, 2.05) is 0 Å². The summed E-state index contributed by atoms with van der Waals surface area (Å²) in [6.07, 6.45) is -0.414. The highest BCUT2D eigenvalue weighted by Crippen LogP contribution is 1.97. The molecule has 1 amide bonds. The molecule has 72 valence electrons. The van der Waals surface area contributed by atoms with Crippen LogP contribution >= 0.6 is 0 Å². The first kappa shape index (κ1) is 9.43. The molecule has 0 fully saturated rings. The molecule has 0 N–H and O–H groups in total. The summed E-state index contributed by atoms with van der Waals surface area (Å²) in [5.74, 6) is 0.605. The fourth-order valence-electron chi connectivity index (χ4n) is 0.814. The Morgan fingerprint density at radius 2 is 2.38 bits per heavy atom. The van der Waals surface area contributed by atoms with E-state index in [0.29, 0.717) is 12.4 Å². The van der Waals surface area contributed by atoms with Crippen molar-refractivity contribution < 1.29 is 9.53 Å². The van der Waals surface area contributed by atoms with Crippen molar-refractivity contribution >= 4 is 6.09 Å². The van der Waals surface area contributed by atoms with Crippen molar-refractivity contribution in [1.29, 1.82) is 0 Å². The molecule has 1 rings (SSSR count). The number of tetrazole rings is 1. The van der Waals surface area contributed by atoms with Crippen LogP contribution in [0.1, 0.15) is 5.82 Å². The smallest absolute Gasteiger partial charge is 0.409 e. The summed E-state index contributed by atoms with van der Waals surface area (Å²) < 4.78 is 6.01. The van der Waals surface area contributed by atoms with Gasteiger partial charge in [-0.15, -0.1) is 5.10 Å².